The van der Waals surface area contributed by atoms with Crippen molar-refractivity contribution in [2.24, 2.45) is 0 Å². The zero-order valence-corrected chi connectivity index (χ0v) is 17.8. The summed E-state index contributed by atoms with van der Waals surface area (Å²) in [5.41, 5.74) is 2.46. The molecule has 0 bridgehead atoms. The third kappa shape index (κ3) is 6.50. The van der Waals surface area contributed by atoms with Crippen LogP contribution in [0.4, 0.5) is 5.69 Å². The predicted octanol–water partition coefficient (Wildman–Crippen LogP) is 2.45. The van der Waals surface area contributed by atoms with Gasteiger partial charge in [0.2, 0.25) is 15.9 Å². The molecule has 0 aromatic heterocycles. The van der Waals surface area contributed by atoms with Crippen LogP contribution in [0.1, 0.15) is 43.7 Å². The van der Waals surface area contributed by atoms with Crippen LogP contribution in [0.5, 0.6) is 0 Å². The van der Waals surface area contributed by atoms with E-state index in [1.165, 1.54) is 23.6 Å². The maximum Gasteiger partial charge on any atom is 0.243 e. The van der Waals surface area contributed by atoms with Crippen LogP contribution in [-0.2, 0) is 14.8 Å². The number of carbonyl (C=O) groups is 1. The normalized spacial score (nSPS) is 16.7. The molecule has 1 atom stereocenters. The largest absolute Gasteiger partial charge is 0.354 e. The number of nitrogens with one attached hydrogen (secondary N) is 1. The average Bonchev–Trinajstić information content (AvgIpc) is 2.57. The van der Waals surface area contributed by atoms with E-state index >= 15 is 0 Å². The number of benzene rings is 1. The van der Waals surface area contributed by atoms with Crippen molar-refractivity contribution in [3.05, 3.63) is 29.3 Å². The first kappa shape index (κ1) is 21.7. The lowest BCUT2D eigenvalue weighted by Gasteiger charge is -2.29. The minimum absolute atomic E-state index is 0.266. The van der Waals surface area contributed by atoms with Gasteiger partial charge in [-0.1, -0.05) is 12.5 Å². The highest BCUT2D eigenvalue weighted by molar-refractivity contribution is 7.92. The Morgan fingerprint density at radius 3 is 2.30 bits per heavy atom. The molecule has 1 aliphatic heterocycles. The molecule has 1 aromatic carbocycles. The zero-order valence-electron chi connectivity index (χ0n) is 17.0. The number of carbonyl (C=O) groups excluding carboxylic acids is 1. The molecule has 1 N–H and O–H groups in total. The van der Waals surface area contributed by atoms with Gasteiger partial charge in [0.05, 0.1) is 11.9 Å². The molecule has 0 spiro atoms. The molecule has 1 saturated heterocycles. The van der Waals surface area contributed by atoms with Crippen LogP contribution in [0, 0.1) is 13.8 Å². The molecular weight excluding hydrogens is 362 g/mol. The smallest absolute Gasteiger partial charge is 0.243 e. The summed E-state index contributed by atoms with van der Waals surface area (Å²) in [6.07, 6.45) is 5.83. The van der Waals surface area contributed by atoms with Crippen molar-refractivity contribution in [3.63, 3.8) is 0 Å². The van der Waals surface area contributed by atoms with E-state index in [1.807, 2.05) is 19.9 Å². The summed E-state index contributed by atoms with van der Waals surface area (Å²) in [5.74, 6) is -0.266. The van der Waals surface area contributed by atoms with Gasteiger partial charge in [-0.05, 0) is 82.9 Å². The van der Waals surface area contributed by atoms with Crippen LogP contribution in [0.3, 0.4) is 0 Å². The highest BCUT2D eigenvalue weighted by Gasteiger charge is 2.29. The van der Waals surface area contributed by atoms with Gasteiger partial charge in [-0.25, -0.2) is 8.42 Å². The van der Waals surface area contributed by atoms with E-state index in [9.17, 15) is 13.2 Å². The number of nitrogens with zero attached hydrogens (tertiary/aromatic N) is 2. The highest BCUT2D eigenvalue weighted by Crippen LogP contribution is 2.23. The molecule has 1 aromatic rings. The standard InChI is InChI=1S/C20H33N3O3S/c1-16-13-17(2)15-19(14-16)23(27(4,25)26)18(3)20(24)21-9-8-12-22-10-6-5-7-11-22/h13-15,18H,5-12H2,1-4H3,(H,21,24). The monoisotopic (exact) mass is 395 g/mol. The van der Waals surface area contributed by atoms with Crippen molar-refractivity contribution in [1.82, 2.24) is 10.2 Å². The molecule has 0 saturated carbocycles. The third-order valence-corrected chi connectivity index (χ3v) is 6.19. The first-order valence-electron chi connectivity index (χ1n) is 9.76. The number of anilines is 1. The van der Waals surface area contributed by atoms with E-state index in [1.54, 1.807) is 19.1 Å². The first-order chi connectivity index (χ1) is 12.7. The Labute approximate surface area is 164 Å². The lowest BCUT2D eigenvalue weighted by molar-refractivity contribution is -0.121. The van der Waals surface area contributed by atoms with Gasteiger partial charge in [0.15, 0.2) is 0 Å². The Kier molecular flexibility index (Phi) is 7.68. The summed E-state index contributed by atoms with van der Waals surface area (Å²) in [4.78, 5) is 15.0. The van der Waals surface area contributed by atoms with Crippen LogP contribution >= 0.6 is 0 Å². The number of aryl methyl sites for hydroxylation is 2. The fraction of sp³-hybridized carbons (Fsp3) is 0.650. The topological polar surface area (TPSA) is 69.7 Å². The minimum Gasteiger partial charge on any atom is -0.354 e. The molecule has 152 valence electrons. The van der Waals surface area contributed by atoms with Crippen molar-refractivity contribution in [2.75, 3.05) is 36.7 Å². The zero-order chi connectivity index (χ0) is 20.0. The van der Waals surface area contributed by atoms with E-state index in [4.69, 9.17) is 0 Å². The minimum atomic E-state index is -3.58. The van der Waals surface area contributed by atoms with Crippen LogP contribution < -0.4 is 9.62 Å². The number of rotatable bonds is 8. The molecule has 7 heteroatoms. The molecule has 1 fully saturated rings. The fourth-order valence-corrected chi connectivity index (χ4v) is 4.89. The summed E-state index contributed by atoms with van der Waals surface area (Å²) in [6, 6.07) is 4.79. The highest BCUT2D eigenvalue weighted by atomic mass is 32.2. The third-order valence-electron chi connectivity index (χ3n) is 4.95. The van der Waals surface area contributed by atoms with Crippen molar-refractivity contribution >= 4 is 21.6 Å². The fourth-order valence-electron chi connectivity index (χ4n) is 3.73. The Hall–Kier alpha value is -1.60. The number of piperidine rings is 1. The van der Waals surface area contributed by atoms with Gasteiger partial charge in [-0.15, -0.1) is 0 Å². The molecular formula is C20H33N3O3S. The maximum atomic E-state index is 12.6. The van der Waals surface area contributed by atoms with Crippen LogP contribution in [0.25, 0.3) is 0 Å². The molecule has 0 radical (unpaired) electrons. The quantitative estimate of drug-likeness (QED) is 0.687. The van der Waals surface area contributed by atoms with Gasteiger partial charge in [0.25, 0.3) is 0 Å². The van der Waals surface area contributed by atoms with Gasteiger partial charge in [0.1, 0.15) is 6.04 Å². The number of hydrogen-bond donors (Lipinski definition) is 1. The van der Waals surface area contributed by atoms with Crippen molar-refractivity contribution in [1.29, 1.82) is 0 Å². The van der Waals surface area contributed by atoms with Gasteiger partial charge in [0, 0.05) is 6.54 Å². The Balaban J connectivity index is 1.97. The summed E-state index contributed by atoms with van der Waals surface area (Å²) in [7, 11) is -3.58. The Morgan fingerprint density at radius 1 is 1.15 bits per heavy atom. The first-order valence-corrected chi connectivity index (χ1v) is 11.6. The summed E-state index contributed by atoms with van der Waals surface area (Å²) < 4.78 is 26.0. The van der Waals surface area contributed by atoms with Gasteiger partial charge in [-0.3, -0.25) is 9.10 Å². The van der Waals surface area contributed by atoms with Gasteiger partial charge < -0.3 is 10.2 Å². The summed E-state index contributed by atoms with van der Waals surface area (Å²) in [6.45, 7) is 9.28. The number of sulfonamides is 1. The Morgan fingerprint density at radius 2 is 1.74 bits per heavy atom. The van der Waals surface area contributed by atoms with E-state index in [-0.39, 0.29) is 5.91 Å². The molecule has 1 heterocycles. The summed E-state index contributed by atoms with van der Waals surface area (Å²) >= 11 is 0. The second-order valence-electron chi connectivity index (χ2n) is 7.63. The van der Waals surface area contributed by atoms with E-state index in [0.29, 0.717) is 12.2 Å². The lowest BCUT2D eigenvalue weighted by atomic mass is 10.1. The van der Waals surface area contributed by atoms with Gasteiger partial charge in [-0.2, -0.15) is 0 Å². The van der Waals surface area contributed by atoms with Crippen molar-refractivity contribution in [3.8, 4) is 0 Å². The van der Waals surface area contributed by atoms with Crippen molar-refractivity contribution < 1.29 is 13.2 Å². The Bertz CT molecular complexity index is 723. The van der Waals surface area contributed by atoms with Crippen LogP contribution in [0.2, 0.25) is 0 Å². The van der Waals surface area contributed by atoms with Crippen molar-refractivity contribution in [2.45, 2.75) is 52.5 Å². The van der Waals surface area contributed by atoms with Crippen LogP contribution in [0.15, 0.2) is 18.2 Å². The molecule has 0 aliphatic carbocycles. The second kappa shape index (κ2) is 9.55. The second-order valence-corrected chi connectivity index (χ2v) is 9.49. The molecule has 27 heavy (non-hydrogen) atoms. The molecule has 1 aliphatic rings. The molecule has 2 rings (SSSR count). The van der Waals surface area contributed by atoms with E-state index in [0.717, 1.165) is 43.4 Å². The molecule has 6 nitrogen and oxygen atoms in total. The summed E-state index contributed by atoms with van der Waals surface area (Å²) in [5, 5.41) is 2.90. The number of amides is 1. The average molecular weight is 396 g/mol. The molecule has 1 amide bonds. The number of hydrogen-bond acceptors (Lipinski definition) is 4. The number of likely N-dealkylation sites (tertiary alicyclic amines) is 1. The lowest BCUT2D eigenvalue weighted by Crippen LogP contribution is -2.48. The maximum absolute atomic E-state index is 12.6. The van der Waals surface area contributed by atoms with E-state index in [2.05, 4.69) is 10.2 Å². The predicted molar refractivity (Wildman–Crippen MR) is 111 cm³/mol. The van der Waals surface area contributed by atoms with Crippen LogP contribution in [-0.4, -0.2) is 57.7 Å². The van der Waals surface area contributed by atoms with Gasteiger partial charge >= 0.3 is 0 Å². The van der Waals surface area contributed by atoms with E-state index < -0.39 is 16.1 Å². The SMILES string of the molecule is Cc1cc(C)cc(N(C(C)C(=O)NCCCN2CCCCC2)S(C)(=O)=O)c1. The molecule has 1 unspecified atom stereocenters.